The molecule has 0 amide bonds. The summed E-state index contributed by atoms with van der Waals surface area (Å²) in [6, 6.07) is 6.51. The van der Waals surface area contributed by atoms with E-state index in [1.54, 1.807) is 12.1 Å². The van der Waals surface area contributed by atoms with Crippen molar-refractivity contribution in [2.45, 2.75) is 12.8 Å². The van der Waals surface area contributed by atoms with Crippen LogP contribution in [0.4, 0.5) is 16.2 Å². The lowest BCUT2D eigenvalue weighted by Gasteiger charge is -2.13. The summed E-state index contributed by atoms with van der Waals surface area (Å²) in [4.78, 5) is 8.94. The van der Waals surface area contributed by atoms with Crippen LogP contribution in [0.2, 0.25) is 0 Å². The Morgan fingerprint density at radius 3 is 2.91 bits per heavy atom. The minimum absolute atomic E-state index is 0.217. The molecule has 6 nitrogen and oxygen atoms in total. The molecule has 22 heavy (non-hydrogen) atoms. The molecule has 1 aliphatic heterocycles. The molecule has 3 aromatic rings. The van der Waals surface area contributed by atoms with E-state index in [1.807, 2.05) is 0 Å². The van der Waals surface area contributed by atoms with Crippen LogP contribution in [0.5, 0.6) is 0 Å². The van der Waals surface area contributed by atoms with Gasteiger partial charge in [0, 0.05) is 19.5 Å². The Morgan fingerprint density at radius 2 is 2.05 bits per heavy atom. The van der Waals surface area contributed by atoms with Gasteiger partial charge in [-0.3, -0.25) is 5.10 Å². The lowest BCUT2D eigenvalue weighted by Crippen LogP contribution is -2.15. The van der Waals surface area contributed by atoms with Gasteiger partial charge in [-0.25, -0.2) is 4.39 Å². The van der Waals surface area contributed by atoms with E-state index in [2.05, 4.69) is 30.8 Å². The summed E-state index contributed by atoms with van der Waals surface area (Å²) in [5, 5.41) is 14.7. The summed E-state index contributed by atoms with van der Waals surface area (Å²) in [5.41, 5.74) is 2.83. The summed E-state index contributed by atoms with van der Waals surface area (Å²) in [6.07, 6.45) is 1.66. The van der Waals surface area contributed by atoms with Gasteiger partial charge in [-0.05, 0) is 24.1 Å². The van der Waals surface area contributed by atoms with Crippen LogP contribution in [-0.4, -0.2) is 33.3 Å². The smallest absolute Gasteiger partial charge is 0.226 e. The van der Waals surface area contributed by atoms with Crippen LogP contribution in [0.25, 0.3) is 11.0 Å². The zero-order valence-corrected chi connectivity index (χ0v) is 11.9. The third kappa shape index (κ3) is 2.34. The number of nitrogens with one attached hydrogen (secondary N) is 3. The topological polar surface area (TPSA) is 78.5 Å². The standard InChI is InChI=1S/C15H15FN6/c16-10-3-1-9(2-4-10)5-7-18-15-19-13-12-11(6-8-17-13)21-22-14(12)20-15/h1-4H,5-8H2,(H3,17,18,19,20,21,22). The van der Waals surface area contributed by atoms with Crippen LogP contribution in [0, 0.1) is 5.82 Å². The van der Waals surface area contributed by atoms with Crippen molar-refractivity contribution in [3.05, 3.63) is 41.3 Å². The highest BCUT2D eigenvalue weighted by atomic mass is 19.1. The maximum absolute atomic E-state index is 12.9. The van der Waals surface area contributed by atoms with E-state index in [1.165, 1.54) is 12.1 Å². The van der Waals surface area contributed by atoms with Crippen LogP contribution in [0.3, 0.4) is 0 Å². The quantitative estimate of drug-likeness (QED) is 0.687. The molecule has 1 aromatic carbocycles. The molecular weight excluding hydrogens is 283 g/mol. The second-order valence-electron chi connectivity index (χ2n) is 5.27. The summed E-state index contributed by atoms with van der Waals surface area (Å²) in [6.45, 7) is 1.51. The molecule has 7 heteroatoms. The van der Waals surface area contributed by atoms with Crippen LogP contribution in [-0.2, 0) is 12.8 Å². The van der Waals surface area contributed by atoms with Gasteiger partial charge in [-0.15, -0.1) is 0 Å². The van der Waals surface area contributed by atoms with Gasteiger partial charge in [-0.2, -0.15) is 15.1 Å². The normalized spacial score (nSPS) is 13.1. The van der Waals surface area contributed by atoms with Gasteiger partial charge < -0.3 is 10.6 Å². The second-order valence-corrected chi connectivity index (χ2v) is 5.27. The van der Waals surface area contributed by atoms with Crippen LogP contribution in [0.1, 0.15) is 11.3 Å². The molecule has 0 fully saturated rings. The van der Waals surface area contributed by atoms with Gasteiger partial charge >= 0.3 is 0 Å². The number of rotatable bonds is 4. The first-order valence-electron chi connectivity index (χ1n) is 7.27. The molecular formula is C15H15FN6. The van der Waals surface area contributed by atoms with Crippen LogP contribution >= 0.6 is 0 Å². The Bertz CT molecular complexity index is 811. The van der Waals surface area contributed by atoms with Crippen LogP contribution in [0.15, 0.2) is 24.3 Å². The number of hydrogen-bond acceptors (Lipinski definition) is 5. The average molecular weight is 298 g/mol. The SMILES string of the molecule is Fc1ccc(CCNc2nc3c4c(n[nH]c4n2)CCN3)cc1. The molecule has 0 aliphatic carbocycles. The molecule has 2 aromatic heterocycles. The van der Waals surface area contributed by atoms with E-state index in [9.17, 15) is 4.39 Å². The number of aromatic nitrogens is 4. The highest BCUT2D eigenvalue weighted by Crippen LogP contribution is 2.27. The van der Waals surface area contributed by atoms with Gasteiger partial charge in [0.25, 0.3) is 0 Å². The number of nitrogens with zero attached hydrogens (tertiary/aromatic N) is 3. The number of benzene rings is 1. The number of halogens is 1. The van der Waals surface area contributed by atoms with Crippen molar-refractivity contribution in [3.8, 4) is 0 Å². The zero-order chi connectivity index (χ0) is 14.9. The average Bonchev–Trinajstić information content (AvgIpc) is 2.94. The summed E-state index contributed by atoms with van der Waals surface area (Å²) < 4.78 is 12.9. The lowest BCUT2D eigenvalue weighted by molar-refractivity contribution is 0.627. The van der Waals surface area contributed by atoms with Gasteiger partial charge in [0.05, 0.1) is 11.1 Å². The monoisotopic (exact) mass is 298 g/mol. The van der Waals surface area contributed by atoms with Crippen molar-refractivity contribution in [2.75, 3.05) is 23.7 Å². The Hall–Kier alpha value is -2.70. The van der Waals surface area contributed by atoms with Gasteiger partial charge in [0.15, 0.2) is 5.65 Å². The fraction of sp³-hybridized carbons (Fsp3) is 0.267. The summed E-state index contributed by atoms with van der Waals surface area (Å²) in [7, 11) is 0. The fourth-order valence-corrected chi connectivity index (χ4v) is 2.65. The van der Waals surface area contributed by atoms with Gasteiger partial charge in [-0.1, -0.05) is 12.1 Å². The zero-order valence-electron chi connectivity index (χ0n) is 11.9. The Labute approximate surface area is 126 Å². The first-order chi connectivity index (χ1) is 10.8. The fourth-order valence-electron chi connectivity index (χ4n) is 2.65. The minimum atomic E-state index is -0.217. The van der Waals surface area contributed by atoms with Crippen molar-refractivity contribution in [1.82, 2.24) is 20.2 Å². The van der Waals surface area contributed by atoms with Crippen molar-refractivity contribution in [3.63, 3.8) is 0 Å². The Balaban J connectivity index is 1.49. The molecule has 0 radical (unpaired) electrons. The third-order valence-corrected chi connectivity index (χ3v) is 3.76. The predicted octanol–water partition coefficient (Wildman–Crippen LogP) is 2.11. The first-order valence-corrected chi connectivity index (χ1v) is 7.27. The number of H-pyrrole nitrogens is 1. The highest BCUT2D eigenvalue weighted by Gasteiger charge is 2.18. The molecule has 0 spiro atoms. The number of hydrogen-bond donors (Lipinski definition) is 3. The molecule has 4 rings (SSSR count). The maximum atomic E-state index is 12.9. The summed E-state index contributed by atoms with van der Waals surface area (Å²) in [5.74, 6) is 1.17. The summed E-state index contributed by atoms with van der Waals surface area (Å²) >= 11 is 0. The maximum Gasteiger partial charge on any atom is 0.226 e. The molecule has 0 saturated carbocycles. The number of anilines is 2. The molecule has 0 atom stereocenters. The Kier molecular flexibility index (Phi) is 3.10. The second kappa shape index (κ2) is 5.25. The van der Waals surface area contributed by atoms with Crippen LogP contribution < -0.4 is 10.6 Å². The van der Waals surface area contributed by atoms with Gasteiger partial charge in [0.1, 0.15) is 11.6 Å². The molecule has 0 unspecified atom stereocenters. The molecule has 0 bridgehead atoms. The van der Waals surface area contributed by atoms with E-state index in [-0.39, 0.29) is 5.82 Å². The van der Waals surface area contributed by atoms with Crippen molar-refractivity contribution >= 4 is 22.8 Å². The van der Waals surface area contributed by atoms with Crippen molar-refractivity contribution < 1.29 is 4.39 Å². The molecule has 1 aliphatic rings. The van der Waals surface area contributed by atoms with E-state index in [0.717, 1.165) is 47.5 Å². The van der Waals surface area contributed by atoms with E-state index in [4.69, 9.17) is 0 Å². The molecule has 112 valence electrons. The molecule has 0 saturated heterocycles. The minimum Gasteiger partial charge on any atom is -0.369 e. The highest BCUT2D eigenvalue weighted by molar-refractivity contribution is 5.91. The van der Waals surface area contributed by atoms with Crippen molar-refractivity contribution in [2.24, 2.45) is 0 Å². The first kappa shape index (κ1) is 13.0. The van der Waals surface area contributed by atoms with Gasteiger partial charge in [0.2, 0.25) is 5.95 Å². The van der Waals surface area contributed by atoms with Crippen molar-refractivity contribution in [1.29, 1.82) is 0 Å². The number of aromatic amines is 1. The predicted molar refractivity (Wildman–Crippen MR) is 82.5 cm³/mol. The van der Waals surface area contributed by atoms with E-state index >= 15 is 0 Å². The van der Waals surface area contributed by atoms with E-state index in [0.29, 0.717) is 12.5 Å². The lowest BCUT2D eigenvalue weighted by atomic mass is 10.1. The molecule has 3 heterocycles. The Morgan fingerprint density at radius 1 is 1.18 bits per heavy atom. The third-order valence-electron chi connectivity index (χ3n) is 3.76. The molecule has 3 N–H and O–H groups in total. The largest absolute Gasteiger partial charge is 0.369 e. The van der Waals surface area contributed by atoms with E-state index < -0.39 is 0 Å².